The van der Waals surface area contributed by atoms with Gasteiger partial charge in [0.1, 0.15) is 5.69 Å². The quantitative estimate of drug-likeness (QED) is 0.815. The molecule has 0 saturated heterocycles. The minimum absolute atomic E-state index is 0.188. The van der Waals surface area contributed by atoms with E-state index in [1.54, 1.807) is 41.2 Å². The van der Waals surface area contributed by atoms with Gasteiger partial charge in [0.15, 0.2) is 0 Å². The lowest BCUT2D eigenvalue weighted by Gasteiger charge is -2.20. The number of carbonyl (C=O) groups is 1. The van der Waals surface area contributed by atoms with Crippen LogP contribution in [0.4, 0.5) is 0 Å². The number of benzene rings is 1. The minimum Gasteiger partial charge on any atom is -0.394 e. The third kappa shape index (κ3) is 4.12. The number of halogens is 1. The number of amides is 1. The molecule has 2 N–H and O–H groups in total. The maximum Gasteiger partial charge on any atom is 0.270 e. The Labute approximate surface area is 141 Å². The summed E-state index contributed by atoms with van der Waals surface area (Å²) in [5.74, 6) is -0.247. The summed E-state index contributed by atoms with van der Waals surface area (Å²) in [6, 6.07) is 8.46. The number of aliphatic hydroxyl groups is 1. The molecule has 0 saturated carbocycles. The first kappa shape index (κ1) is 17.5. The highest BCUT2D eigenvalue weighted by molar-refractivity contribution is 6.30. The zero-order valence-electron chi connectivity index (χ0n) is 13.4. The maximum absolute atomic E-state index is 12.6. The van der Waals surface area contributed by atoms with Crippen LogP contribution in [-0.4, -0.2) is 27.4 Å². The molecular formula is C17H22ClN3O2. The molecule has 2 aromatic rings. The molecule has 0 aliphatic rings. The highest BCUT2D eigenvalue weighted by atomic mass is 35.5. The van der Waals surface area contributed by atoms with E-state index in [2.05, 4.69) is 24.3 Å². The number of hydrogen-bond acceptors (Lipinski definition) is 3. The van der Waals surface area contributed by atoms with Crippen molar-refractivity contribution in [3.63, 3.8) is 0 Å². The smallest absolute Gasteiger partial charge is 0.270 e. The van der Waals surface area contributed by atoms with Crippen LogP contribution in [0.3, 0.4) is 0 Å². The van der Waals surface area contributed by atoms with Gasteiger partial charge in [0, 0.05) is 11.2 Å². The Morgan fingerprint density at radius 2 is 1.91 bits per heavy atom. The Morgan fingerprint density at radius 3 is 2.48 bits per heavy atom. The fourth-order valence-corrected chi connectivity index (χ4v) is 2.71. The van der Waals surface area contributed by atoms with Gasteiger partial charge in [-0.05, 0) is 36.6 Å². The first-order chi connectivity index (χ1) is 11.1. The molecule has 0 aliphatic heterocycles. The minimum atomic E-state index is -0.482. The molecule has 23 heavy (non-hydrogen) atoms. The van der Waals surface area contributed by atoms with Crippen molar-refractivity contribution in [1.82, 2.24) is 15.1 Å². The lowest BCUT2D eigenvalue weighted by molar-refractivity contribution is 0.0902. The Kier molecular flexibility index (Phi) is 6.19. The van der Waals surface area contributed by atoms with Crippen LogP contribution >= 0.6 is 11.6 Å². The van der Waals surface area contributed by atoms with Gasteiger partial charge in [-0.3, -0.25) is 9.48 Å². The Morgan fingerprint density at radius 1 is 1.26 bits per heavy atom. The van der Waals surface area contributed by atoms with Crippen LogP contribution < -0.4 is 5.32 Å². The Balaban J connectivity index is 2.17. The fraction of sp³-hybridized carbons (Fsp3) is 0.412. The predicted octanol–water partition coefficient (Wildman–Crippen LogP) is 3.36. The van der Waals surface area contributed by atoms with Gasteiger partial charge in [-0.25, -0.2) is 0 Å². The summed E-state index contributed by atoms with van der Waals surface area (Å²) < 4.78 is 1.76. The second-order valence-electron chi connectivity index (χ2n) is 5.39. The van der Waals surface area contributed by atoms with E-state index in [1.165, 1.54) is 0 Å². The maximum atomic E-state index is 12.6. The molecule has 0 spiro atoms. The van der Waals surface area contributed by atoms with Gasteiger partial charge in [0.25, 0.3) is 5.91 Å². The second kappa shape index (κ2) is 8.13. The molecule has 5 nitrogen and oxygen atoms in total. The Bertz CT molecular complexity index is 636. The molecule has 6 heteroatoms. The van der Waals surface area contributed by atoms with Crippen LogP contribution in [0.5, 0.6) is 0 Å². The van der Waals surface area contributed by atoms with E-state index >= 15 is 0 Å². The highest BCUT2D eigenvalue weighted by Gasteiger charge is 2.20. The van der Waals surface area contributed by atoms with Gasteiger partial charge < -0.3 is 10.4 Å². The molecule has 0 fully saturated rings. The molecule has 1 aromatic heterocycles. The van der Waals surface area contributed by atoms with E-state index in [9.17, 15) is 9.90 Å². The van der Waals surface area contributed by atoms with Crippen LogP contribution in [0, 0.1) is 0 Å². The third-order valence-electron chi connectivity index (χ3n) is 3.95. The number of aromatic nitrogens is 2. The molecule has 0 aliphatic carbocycles. The van der Waals surface area contributed by atoms with Crippen LogP contribution in [0.25, 0.3) is 0 Å². The summed E-state index contributed by atoms with van der Waals surface area (Å²) in [7, 11) is 0. The monoisotopic (exact) mass is 335 g/mol. The third-order valence-corrected chi connectivity index (χ3v) is 4.20. The summed E-state index contributed by atoms with van der Waals surface area (Å²) in [6.45, 7) is 3.95. The first-order valence-corrected chi connectivity index (χ1v) is 8.19. The molecule has 1 atom stereocenters. The van der Waals surface area contributed by atoms with Crippen LogP contribution in [-0.2, 0) is 0 Å². The standard InChI is InChI=1S/C17H22ClN3O2/c1-3-14(4-2)21-16(9-10-19-21)17(23)20-15(11-22)12-5-7-13(18)8-6-12/h5-10,14-15,22H,3-4,11H2,1-2H3,(H,20,23). The summed E-state index contributed by atoms with van der Waals surface area (Å²) in [6.07, 6.45) is 3.43. The van der Waals surface area contributed by atoms with E-state index in [-0.39, 0.29) is 18.6 Å². The summed E-state index contributed by atoms with van der Waals surface area (Å²) in [4.78, 5) is 12.6. The summed E-state index contributed by atoms with van der Waals surface area (Å²) >= 11 is 5.87. The average Bonchev–Trinajstić information content (AvgIpc) is 3.04. The van der Waals surface area contributed by atoms with Gasteiger partial charge in [-0.15, -0.1) is 0 Å². The molecule has 1 unspecified atom stereocenters. The highest BCUT2D eigenvalue weighted by Crippen LogP contribution is 2.19. The second-order valence-corrected chi connectivity index (χ2v) is 5.83. The molecule has 1 aromatic carbocycles. The van der Waals surface area contributed by atoms with Crippen molar-refractivity contribution in [2.24, 2.45) is 0 Å². The molecule has 1 amide bonds. The van der Waals surface area contributed by atoms with E-state index < -0.39 is 6.04 Å². The van der Waals surface area contributed by atoms with Crippen molar-refractivity contribution in [3.05, 3.63) is 52.8 Å². The van der Waals surface area contributed by atoms with Crippen molar-refractivity contribution in [3.8, 4) is 0 Å². The molecule has 0 radical (unpaired) electrons. The van der Waals surface area contributed by atoms with E-state index in [0.717, 1.165) is 18.4 Å². The van der Waals surface area contributed by atoms with Crippen molar-refractivity contribution < 1.29 is 9.90 Å². The average molecular weight is 336 g/mol. The summed E-state index contributed by atoms with van der Waals surface area (Å²) in [5.41, 5.74) is 1.31. The molecular weight excluding hydrogens is 314 g/mol. The number of hydrogen-bond donors (Lipinski definition) is 2. The molecule has 0 bridgehead atoms. The lowest BCUT2D eigenvalue weighted by atomic mass is 10.1. The van der Waals surface area contributed by atoms with E-state index in [0.29, 0.717) is 10.7 Å². The molecule has 2 rings (SSSR count). The number of aliphatic hydroxyl groups excluding tert-OH is 1. The SMILES string of the molecule is CCC(CC)n1nccc1C(=O)NC(CO)c1ccc(Cl)cc1. The van der Waals surface area contributed by atoms with E-state index in [4.69, 9.17) is 11.6 Å². The van der Waals surface area contributed by atoms with Crippen molar-refractivity contribution in [1.29, 1.82) is 0 Å². The molecule has 124 valence electrons. The van der Waals surface area contributed by atoms with Gasteiger partial charge in [-0.1, -0.05) is 37.6 Å². The van der Waals surface area contributed by atoms with Gasteiger partial charge in [-0.2, -0.15) is 5.10 Å². The van der Waals surface area contributed by atoms with Crippen molar-refractivity contribution in [2.75, 3.05) is 6.61 Å². The normalized spacial score (nSPS) is 12.4. The van der Waals surface area contributed by atoms with E-state index in [1.807, 2.05) is 0 Å². The van der Waals surface area contributed by atoms with Crippen LogP contribution in [0.2, 0.25) is 5.02 Å². The first-order valence-electron chi connectivity index (χ1n) is 7.81. The number of rotatable bonds is 7. The zero-order valence-corrected chi connectivity index (χ0v) is 14.1. The van der Waals surface area contributed by atoms with Gasteiger partial charge >= 0.3 is 0 Å². The van der Waals surface area contributed by atoms with Gasteiger partial charge in [0.2, 0.25) is 0 Å². The fourth-order valence-electron chi connectivity index (χ4n) is 2.58. The lowest BCUT2D eigenvalue weighted by Crippen LogP contribution is -2.33. The zero-order chi connectivity index (χ0) is 16.8. The van der Waals surface area contributed by atoms with Crippen LogP contribution in [0.1, 0.15) is 54.8 Å². The van der Waals surface area contributed by atoms with Crippen molar-refractivity contribution in [2.45, 2.75) is 38.8 Å². The largest absolute Gasteiger partial charge is 0.394 e. The topological polar surface area (TPSA) is 67.2 Å². The number of nitrogens with zero attached hydrogens (tertiary/aromatic N) is 2. The summed E-state index contributed by atoms with van der Waals surface area (Å²) in [5, 5.41) is 17.3. The number of carbonyl (C=O) groups excluding carboxylic acids is 1. The van der Waals surface area contributed by atoms with Crippen molar-refractivity contribution >= 4 is 17.5 Å². The van der Waals surface area contributed by atoms with Gasteiger partial charge in [0.05, 0.1) is 18.7 Å². The predicted molar refractivity (Wildman–Crippen MR) is 90.6 cm³/mol. The Hall–Kier alpha value is -1.85. The molecule has 1 heterocycles. The van der Waals surface area contributed by atoms with Crippen LogP contribution in [0.15, 0.2) is 36.5 Å². The number of nitrogens with one attached hydrogen (secondary N) is 1.